The Morgan fingerprint density at radius 3 is 2.43 bits per heavy atom. The average Bonchev–Trinajstić information content (AvgIpc) is 2.42. The lowest BCUT2D eigenvalue weighted by Crippen LogP contribution is -2.45. The highest BCUT2D eigenvalue weighted by Gasteiger charge is 2.32. The molecule has 1 aliphatic heterocycles. The van der Waals surface area contributed by atoms with Crippen LogP contribution in [0.1, 0.15) is 18.5 Å². The van der Waals surface area contributed by atoms with E-state index >= 15 is 0 Å². The standard InChI is InChI=1S/C13H12Br2N2O4/c1-5-9(12(19)21-2)10(17-13(20)16-5)6-3-7(14)11(18)8(15)4-6/h3-4,10,18H,1-2H3,(H2,16,17,20)/t10-/m0/s1. The van der Waals surface area contributed by atoms with Gasteiger partial charge in [-0.05, 0) is 56.5 Å². The van der Waals surface area contributed by atoms with E-state index in [1.165, 1.54) is 7.11 Å². The fourth-order valence-corrected chi connectivity index (χ4v) is 3.30. The minimum atomic E-state index is -0.667. The molecule has 1 atom stereocenters. The number of amides is 2. The van der Waals surface area contributed by atoms with Gasteiger partial charge < -0.3 is 20.5 Å². The molecule has 1 aromatic rings. The van der Waals surface area contributed by atoms with E-state index in [1.807, 2.05) is 0 Å². The van der Waals surface area contributed by atoms with Gasteiger partial charge in [-0.25, -0.2) is 9.59 Å². The summed E-state index contributed by atoms with van der Waals surface area (Å²) in [5.74, 6) is -0.496. The smallest absolute Gasteiger partial charge is 0.337 e. The van der Waals surface area contributed by atoms with E-state index in [1.54, 1.807) is 19.1 Å². The molecule has 0 spiro atoms. The summed E-state index contributed by atoms with van der Waals surface area (Å²) < 4.78 is 5.66. The number of nitrogens with one attached hydrogen (secondary N) is 2. The van der Waals surface area contributed by atoms with Crippen LogP contribution in [0.25, 0.3) is 0 Å². The highest BCUT2D eigenvalue weighted by Crippen LogP contribution is 2.37. The second-order valence-corrected chi connectivity index (χ2v) is 6.10. The fourth-order valence-electron chi connectivity index (χ4n) is 2.08. The lowest BCUT2D eigenvalue weighted by molar-refractivity contribution is -0.136. The number of carbonyl (C=O) groups excluding carboxylic acids is 2. The summed E-state index contributed by atoms with van der Waals surface area (Å²) in [4.78, 5) is 23.6. The average molecular weight is 420 g/mol. The fraction of sp³-hybridized carbons (Fsp3) is 0.231. The number of urea groups is 1. The molecule has 112 valence electrons. The Bertz CT molecular complexity index is 635. The molecule has 0 unspecified atom stereocenters. The summed E-state index contributed by atoms with van der Waals surface area (Å²) in [6.45, 7) is 1.63. The van der Waals surface area contributed by atoms with Crippen LogP contribution in [0.3, 0.4) is 0 Å². The van der Waals surface area contributed by atoms with Gasteiger partial charge in [0.2, 0.25) is 0 Å². The van der Waals surface area contributed by atoms with E-state index in [0.717, 1.165) is 0 Å². The number of phenolic OH excluding ortho intramolecular Hbond substituents is 1. The van der Waals surface area contributed by atoms with Crippen molar-refractivity contribution in [3.05, 3.63) is 37.9 Å². The first-order chi connectivity index (χ1) is 9.85. The van der Waals surface area contributed by atoms with Gasteiger partial charge >= 0.3 is 12.0 Å². The number of aromatic hydroxyl groups is 1. The molecule has 0 fully saturated rings. The summed E-state index contributed by atoms with van der Waals surface area (Å²) in [7, 11) is 1.28. The molecule has 0 aromatic heterocycles. The topological polar surface area (TPSA) is 87.7 Å². The number of hydrogen-bond acceptors (Lipinski definition) is 4. The number of methoxy groups -OCH3 is 1. The maximum absolute atomic E-state index is 12.0. The molecule has 2 rings (SSSR count). The van der Waals surface area contributed by atoms with Gasteiger partial charge in [-0.1, -0.05) is 0 Å². The first-order valence-electron chi connectivity index (χ1n) is 5.89. The molecule has 8 heteroatoms. The number of hydrogen-bond donors (Lipinski definition) is 3. The van der Waals surface area contributed by atoms with Crippen LogP contribution in [-0.4, -0.2) is 24.2 Å². The van der Waals surface area contributed by atoms with Crippen LogP contribution >= 0.6 is 31.9 Å². The van der Waals surface area contributed by atoms with E-state index in [0.29, 0.717) is 25.8 Å². The first-order valence-corrected chi connectivity index (χ1v) is 7.48. The Morgan fingerprint density at radius 1 is 1.33 bits per heavy atom. The van der Waals surface area contributed by atoms with Crippen LogP contribution in [0, 0.1) is 0 Å². The van der Waals surface area contributed by atoms with Crippen molar-refractivity contribution in [1.29, 1.82) is 0 Å². The van der Waals surface area contributed by atoms with Crippen molar-refractivity contribution in [2.24, 2.45) is 0 Å². The molecule has 0 saturated heterocycles. The number of esters is 1. The van der Waals surface area contributed by atoms with Crippen LogP contribution in [-0.2, 0) is 9.53 Å². The third-order valence-electron chi connectivity index (χ3n) is 3.05. The summed E-state index contributed by atoms with van der Waals surface area (Å²) in [5, 5.41) is 15.0. The SMILES string of the molecule is COC(=O)C1=C(C)NC(=O)N[C@H]1c1cc(Br)c(O)c(Br)c1. The van der Waals surface area contributed by atoms with Crippen LogP contribution in [0.4, 0.5) is 4.79 Å². The molecule has 0 aliphatic carbocycles. The lowest BCUT2D eigenvalue weighted by atomic mass is 9.95. The molecule has 0 bridgehead atoms. The van der Waals surface area contributed by atoms with Crippen molar-refractivity contribution >= 4 is 43.9 Å². The van der Waals surface area contributed by atoms with Crippen molar-refractivity contribution in [3.8, 4) is 5.75 Å². The number of ether oxygens (including phenoxy) is 1. The van der Waals surface area contributed by atoms with Crippen molar-refractivity contribution in [1.82, 2.24) is 10.6 Å². The molecule has 0 saturated carbocycles. The minimum Gasteiger partial charge on any atom is -0.506 e. The maximum Gasteiger partial charge on any atom is 0.337 e. The molecule has 1 aliphatic rings. The highest BCUT2D eigenvalue weighted by molar-refractivity contribution is 9.11. The Kier molecular flexibility index (Phi) is 4.58. The van der Waals surface area contributed by atoms with Gasteiger partial charge in [-0.3, -0.25) is 0 Å². The largest absolute Gasteiger partial charge is 0.506 e. The van der Waals surface area contributed by atoms with Gasteiger partial charge in [0, 0.05) is 5.70 Å². The van der Waals surface area contributed by atoms with Crippen LogP contribution in [0.5, 0.6) is 5.75 Å². The predicted octanol–water partition coefficient (Wildman–Crippen LogP) is 2.72. The summed E-state index contributed by atoms with van der Waals surface area (Å²) in [6.07, 6.45) is 0. The van der Waals surface area contributed by atoms with Gasteiger partial charge in [-0.2, -0.15) is 0 Å². The van der Waals surface area contributed by atoms with Gasteiger partial charge in [0.1, 0.15) is 5.75 Å². The summed E-state index contributed by atoms with van der Waals surface area (Å²) >= 11 is 6.45. The molecule has 2 amide bonds. The van der Waals surface area contributed by atoms with Crippen molar-refractivity contribution in [2.75, 3.05) is 7.11 Å². The summed E-state index contributed by atoms with van der Waals surface area (Å²) in [6, 6.07) is 2.18. The second kappa shape index (κ2) is 6.07. The molecule has 1 aromatic carbocycles. The number of benzene rings is 1. The Hall–Kier alpha value is -1.54. The van der Waals surface area contributed by atoms with Crippen LogP contribution in [0.15, 0.2) is 32.3 Å². The monoisotopic (exact) mass is 418 g/mol. The zero-order valence-electron chi connectivity index (χ0n) is 11.2. The Balaban J connectivity index is 2.56. The number of allylic oxidation sites excluding steroid dienone is 1. The number of phenols is 1. The highest BCUT2D eigenvalue weighted by atomic mass is 79.9. The molecule has 21 heavy (non-hydrogen) atoms. The van der Waals surface area contributed by atoms with Crippen molar-refractivity contribution in [3.63, 3.8) is 0 Å². The summed E-state index contributed by atoms with van der Waals surface area (Å²) in [5.41, 5.74) is 1.36. The second-order valence-electron chi connectivity index (χ2n) is 4.39. The molecular formula is C13H12Br2N2O4. The van der Waals surface area contributed by atoms with E-state index in [9.17, 15) is 14.7 Å². The van der Waals surface area contributed by atoms with E-state index in [-0.39, 0.29) is 5.75 Å². The van der Waals surface area contributed by atoms with Gasteiger partial charge in [0.25, 0.3) is 0 Å². The zero-order valence-corrected chi connectivity index (χ0v) is 14.3. The van der Waals surface area contributed by atoms with Crippen LogP contribution < -0.4 is 10.6 Å². The Labute approximate surface area is 137 Å². The quantitative estimate of drug-likeness (QED) is 0.643. The van der Waals surface area contributed by atoms with Gasteiger partial charge in [-0.15, -0.1) is 0 Å². The first kappa shape index (κ1) is 15.8. The predicted molar refractivity (Wildman–Crippen MR) is 82.6 cm³/mol. The molecular weight excluding hydrogens is 408 g/mol. The van der Waals surface area contributed by atoms with Crippen molar-refractivity contribution < 1.29 is 19.4 Å². The van der Waals surface area contributed by atoms with Crippen LogP contribution in [0.2, 0.25) is 0 Å². The Morgan fingerprint density at radius 2 is 1.90 bits per heavy atom. The van der Waals surface area contributed by atoms with E-state index in [2.05, 4.69) is 42.5 Å². The molecule has 1 heterocycles. The lowest BCUT2D eigenvalue weighted by Gasteiger charge is -2.28. The van der Waals surface area contributed by atoms with Gasteiger partial charge in [0.15, 0.2) is 0 Å². The number of halogens is 2. The third-order valence-corrected chi connectivity index (χ3v) is 4.26. The number of carbonyl (C=O) groups is 2. The molecule has 3 N–H and O–H groups in total. The van der Waals surface area contributed by atoms with E-state index < -0.39 is 18.0 Å². The minimum absolute atomic E-state index is 0.0410. The maximum atomic E-state index is 12.0. The molecule has 6 nitrogen and oxygen atoms in total. The zero-order chi connectivity index (χ0) is 15.7. The van der Waals surface area contributed by atoms with E-state index in [4.69, 9.17) is 4.74 Å². The molecule has 0 radical (unpaired) electrons. The number of rotatable bonds is 2. The van der Waals surface area contributed by atoms with Crippen molar-refractivity contribution in [2.45, 2.75) is 13.0 Å². The van der Waals surface area contributed by atoms with Gasteiger partial charge in [0.05, 0.1) is 27.7 Å². The normalized spacial score (nSPS) is 18.1. The third kappa shape index (κ3) is 3.06.